The molecule has 1 heterocycles. The summed E-state index contributed by atoms with van der Waals surface area (Å²) >= 11 is 0. The van der Waals surface area contributed by atoms with Gasteiger partial charge in [-0.15, -0.1) is 5.10 Å². The lowest BCUT2D eigenvalue weighted by molar-refractivity contribution is 0.511. The van der Waals surface area contributed by atoms with Crippen molar-refractivity contribution in [3.05, 3.63) is 35.5 Å². The van der Waals surface area contributed by atoms with Crippen molar-refractivity contribution in [3.63, 3.8) is 0 Å². The van der Waals surface area contributed by atoms with Gasteiger partial charge in [-0.1, -0.05) is 5.10 Å². The first-order valence-electron chi connectivity index (χ1n) is 4.74. The van der Waals surface area contributed by atoms with Gasteiger partial charge in [-0.25, -0.2) is 4.39 Å². The number of benzene rings is 1. The van der Waals surface area contributed by atoms with Crippen LogP contribution in [-0.2, 0) is 6.54 Å². The molecule has 5 nitrogen and oxygen atoms in total. The molecule has 84 valence electrons. The molecule has 1 aromatic heterocycles. The molecule has 0 fully saturated rings. The van der Waals surface area contributed by atoms with E-state index in [4.69, 9.17) is 10.2 Å². The summed E-state index contributed by atoms with van der Waals surface area (Å²) in [5.41, 5.74) is 6.56. The summed E-state index contributed by atoms with van der Waals surface area (Å²) in [5, 5.41) is 10.3. The maximum atomic E-state index is 13.0. The van der Waals surface area contributed by atoms with Crippen molar-refractivity contribution in [1.29, 1.82) is 0 Å². The number of hydrogen-bond acceptors (Lipinski definition) is 5. The van der Waals surface area contributed by atoms with E-state index < -0.39 is 0 Å². The van der Waals surface area contributed by atoms with Crippen LogP contribution in [0.2, 0.25) is 0 Å². The number of hydrogen-bond donors (Lipinski definition) is 2. The Morgan fingerprint density at radius 2 is 2.25 bits per heavy atom. The molecule has 3 N–H and O–H groups in total. The molecular weight excluding hydrogens is 211 g/mol. The summed E-state index contributed by atoms with van der Waals surface area (Å²) in [6, 6.07) is 4.86. The van der Waals surface area contributed by atoms with Gasteiger partial charge >= 0.3 is 6.01 Å². The quantitative estimate of drug-likeness (QED) is 0.826. The normalized spacial score (nSPS) is 10.4. The summed E-state index contributed by atoms with van der Waals surface area (Å²) in [7, 11) is 0. The van der Waals surface area contributed by atoms with Crippen molar-refractivity contribution in [2.75, 3.05) is 5.32 Å². The Labute approximate surface area is 91.5 Å². The van der Waals surface area contributed by atoms with Gasteiger partial charge in [-0.3, -0.25) is 0 Å². The molecule has 0 saturated heterocycles. The molecule has 0 saturated carbocycles. The van der Waals surface area contributed by atoms with Gasteiger partial charge in [0.25, 0.3) is 0 Å². The summed E-state index contributed by atoms with van der Waals surface area (Å²) < 4.78 is 18.2. The van der Waals surface area contributed by atoms with Gasteiger partial charge in [0.15, 0.2) is 0 Å². The molecule has 0 radical (unpaired) electrons. The number of anilines is 2. The highest BCUT2D eigenvalue weighted by molar-refractivity contribution is 5.53. The van der Waals surface area contributed by atoms with E-state index in [2.05, 4.69) is 15.5 Å². The average Bonchev–Trinajstić information content (AvgIpc) is 2.71. The van der Waals surface area contributed by atoms with Crippen LogP contribution in [0.1, 0.15) is 11.5 Å². The van der Waals surface area contributed by atoms with Gasteiger partial charge in [-0.2, -0.15) is 0 Å². The van der Waals surface area contributed by atoms with E-state index in [-0.39, 0.29) is 18.4 Å². The van der Waals surface area contributed by atoms with E-state index in [0.717, 1.165) is 0 Å². The lowest BCUT2D eigenvalue weighted by Crippen LogP contribution is -1.95. The standard InChI is InChI=1S/C10H11FN4O/c1-6-4-7(2-3-8(6)11)13-10-15-14-9(5-12)16-10/h2-4H,5,12H2,1H3,(H,13,15). The van der Waals surface area contributed by atoms with Crippen LogP contribution in [0.15, 0.2) is 22.6 Å². The number of rotatable bonds is 3. The predicted octanol–water partition coefficient (Wildman–Crippen LogP) is 1.72. The van der Waals surface area contributed by atoms with E-state index in [0.29, 0.717) is 17.1 Å². The second kappa shape index (κ2) is 4.28. The van der Waals surface area contributed by atoms with Crippen LogP contribution in [0.25, 0.3) is 0 Å². The number of aryl methyl sites for hydroxylation is 1. The first-order chi connectivity index (χ1) is 7.69. The number of halogens is 1. The monoisotopic (exact) mass is 222 g/mol. The van der Waals surface area contributed by atoms with Crippen molar-refractivity contribution in [1.82, 2.24) is 10.2 Å². The summed E-state index contributed by atoms with van der Waals surface area (Å²) in [4.78, 5) is 0. The minimum atomic E-state index is -0.251. The van der Waals surface area contributed by atoms with Crippen LogP contribution in [0.5, 0.6) is 0 Å². The van der Waals surface area contributed by atoms with Crippen LogP contribution in [0.3, 0.4) is 0 Å². The minimum Gasteiger partial charge on any atom is -0.406 e. The first kappa shape index (κ1) is 10.6. The van der Waals surface area contributed by atoms with Crippen LogP contribution in [-0.4, -0.2) is 10.2 Å². The topological polar surface area (TPSA) is 77.0 Å². The van der Waals surface area contributed by atoms with Crippen LogP contribution < -0.4 is 11.1 Å². The minimum absolute atomic E-state index is 0.192. The molecule has 2 rings (SSSR count). The fourth-order valence-corrected chi connectivity index (χ4v) is 1.23. The van der Waals surface area contributed by atoms with E-state index >= 15 is 0 Å². The molecular formula is C10H11FN4O. The zero-order valence-corrected chi connectivity index (χ0v) is 8.70. The molecule has 0 aliphatic carbocycles. The van der Waals surface area contributed by atoms with Gasteiger partial charge in [-0.05, 0) is 30.7 Å². The smallest absolute Gasteiger partial charge is 0.320 e. The highest BCUT2D eigenvalue weighted by Crippen LogP contribution is 2.18. The Morgan fingerprint density at radius 1 is 1.44 bits per heavy atom. The molecule has 0 spiro atoms. The van der Waals surface area contributed by atoms with Crippen LogP contribution in [0.4, 0.5) is 16.1 Å². The third-order valence-corrected chi connectivity index (χ3v) is 2.05. The number of nitrogens with one attached hydrogen (secondary N) is 1. The Bertz CT molecular complexity index is 497. The number of nitrogens with zero attached hydrogens (tertiary/aromatic N) is 2. The molecule has 0 aliphatic rings. The number of aromatic nitrogens is 2. The summed E-state index contributed by atoms with van der Waals surface area (Å²) in [5.74, 6) is 0.0973. The molecule has 6 heteroatoms. The van der Waals surface area contributed by atoms with Crippen molar-refractivity contribution < 1.29 is 8.81 Å². The summed E-state index contributed by atoms with van der Waals surface area (Å²) in [6.45, 7) is 1.87. The Hall–Kier alpha value is -1.95. The molecule has 0 amide bonds. The highest BCUT2D eigenvalue weighted by atomic mass is 19.1. The second-order valence-corrected chi connectivity index (χ2v) is 3.29. The maximum absolute atomic E-state index is 13.0. The Kier molecular flexibility index (Phi) is 2.82. The van der Waals surface area contributed by atoms with Crippen LogP contribution >= 0.6 is 0 Å². The van der Waals surface area contributed by atoms with E-state index in [1.807, 2.05) is 0 Å². The predicted molar refractivity (Wildman–Crippen MR) is 56.6 cm³/mol. The third-order valence-electron chi connectivity index (χ3n) is 2.05. The van der Waals surface area contributed by atoms with E-state index in [1.165, 1.54) is 6.07 Å². The fraction of sp³-hybridized carbons (Fsp3) is 0.200. The van der Waals surface area contributed by atoms with Gasteiger partial charge < -0.3 is 15.5 Å². The Balaban J connectivity index is 2.17. The van der Waals surface area contributed by atoms with Crippen molar-refractivity contribution in [3.8, 4) is 0 Å². The molecule has 2 aromatic rings. The lowest BCUT2D eigenvalue weighted by atomic mass is 10.2. The SMILES string of the molecule is Cc1cc(Nc2nnc(CN)o2)ccc1F. The van der Waals surface area contributed by atoms with Crippen molar-refractivity contribution in [2.24, 2.45) is 5.73 Å². The third kappa shape index (κ3) is 2.17. The van der Waals surface area contributed by atoms with Gasteiger partial charge in [0.05, 0.1) is 6.54 Å². The Morgan fingerprint density at radius 3 is 2.88 bits per heavy atom. The summed E-state index contributed by atoms with van der Waals surface area (Å²) in [6.07, 6.45) is 0. The van der Waals surface area contributed by atoms with E-state index in [9.17, 15) is 4.39 Å². The fourth-order valence-electron chi connectivity index (χ4n) is 1.23. The molecule has 0 unspecified atom stereocenters. The van der Waals surface area contributed by atoms with Gasteiger partial charge in [0.1, 0.15) is 5.82 Å². The second-order valence-electron chi connectivity index (χ2n) is 3.29. The lowest BCUT2D eigenvalue weighted by Gasteiger charge is -2.02. The largest absolute Gasteiger partial charge is 0.406 e. The van der Waals surface area contributed by atoms with Gasteiger partial charge in [0, 0.05) is 5.69 Å². The molecule has 0 bridgehead atoms. The van der Waals surface area contributed by atoms with Crippen molar-refractivity contribution >= 4 is 11.7 Å². The molecule has 16 heavy (non-hydrogen) atoms. The van der Waals surface area contributed by atoms with Gasteiger partial charge in [0.2, 0.25) is 5.89 Å². The number of nitrogens with two attached hydrogens (primary N) is 1. The first-order valence-corrected chi connectivity index (χ1v) is 4.74. The zero-order valence-electron chi connectivity index (χ0n) is 8.70. The zero-order chi connectivity index (χ0) is 11.5. The molecule has 1 aromatic carbocycles. The van der Waals surface area contributed by atoms with E-state index in [1.54, 1.807) is 19.1 Å². The van der Waals surface area contributed by atoms with Crippen LogP contribution in [0, 0.1) is 12.7 Å². The maximum Gasteiger partial charge on any atom is 0.320 e. The molecule has 0 atom stereocenters. The van der Waals surface area contributed by atoms with Crippen molar-refractivity contribution in [2.45, 2.75) is 13.5 Å². The molecule has 0 aliphatic heterocycles. The average molecular weight is 222 g/mol. The highest BCUT2D eigenvalue weighted by Gasteiger charge is 2.05.